The molecule has 152 valence electrons. The number of nitrogens with one attached hydrogen (secondary N) is 2. The quantitative estimate of drug-likeness (QED) is 0.398. The van der Waals surface area contributed by atoms with Crippen LogP contribution in [0.2, 0.25) is 0 Å². The SMILES string of the molecule is CCCCCCCCc1ccc(/C=C2\C=C(CC)C(c3cc(C)c[nH]3)=N2)[nH]1.Cl. The Hall–Kier alpha value is -2.00. The zero-order chi connectivity index (χ0) is 19.1. The Kier molecular flexibility index (Phi) is 8.85. The predicted octanol–water partition coefficient (Wildman–Crippen LogP) is 7.16. The van der Waals surface area contributed by atoms with Gasteiger partial charge in [-0.1, -0.05) is 46.0 Å². The van der Waals surface area contributed by atoms with E-state index in [1.807, 2.05) is 6.20 Å². The van der Waals surface area contributed by atoms with Crippen molar-refractivity contribution in [1.29, 1.82) is 0 Å². The van der Waals surface area contributed by atoms with Crippen molar-refractivity contribution in [2.45, 2.75) is 72.1 Å². The molecule has 0 spiro atoms. The summed E-state index contributed by atoms with van der Waals surface area (Å²) in [5, 5.41) is 0. The first kappa shape index (κ1) is 22.3. The van der Waals surface area contributed by atoms with Crippen molar-refractivity contribution in [3.63, 3.8) is 0 Å². The minimum atomic E-state index is 0. The van der Waals surface area contributed by atoms with Gasteiger partial charge in [-0.05, 0) is 67.7 Å². The molecule has 0 fully saturated rings. The smallest absolute Gasteiger partial charge is 0.0904 e. The summed E-state index contributed by atoms with van der Waals surface area (Å²) in [6.07, 6.45) is 16.6. The highest BCUT2D eigenvalue weighted by Crippen LogP contribution is 2.25. The van der Waals surface area contributed by atoms with Gasteiger partial charge in [0.15, 0.2) is 0 Å². The highest BCUT2D eigenvalue weighted by atomic mass is 35.5. The maximum atomic E-state index is 4.87. The molecular formula is C24H34ClN3. The molecule has 2 aromatic heterocycles. The first-order chi connectivity index (χ1) is 13.2. The van der Waals surface area contributed by atoms with Gasteiger partial charge in [-0.2, -0.15) is 0 Å². The second-order valence-corrected chi connectivity index (χ2v) is 7.60. The lowest BCUT2D eigenvalue weighted by Gasteiger charge is -2.00. The van der Waals surface area contributed by atoms with E-state index in [2.05, 4.69) is 61.1 Å². The molecule has 0 amide bonds. The number of nitrogens with zero attached hydrogens (tertiary/aromatic N) is 1. The zero-order valence-electron chi connectivity index (χ0n) is 17.5. The summed E-state index contributed by atoms with van der Waals surface area (Å²) in [5.41, 5.74) is 8.23. The molecule has 0 saturated carbocycles. The molecule has 0 unspecified atom stereocenters. The molecule has 2 N–H and O–H groups in total. The Balaban J connectivity index is 0.00000280. The Bertz CT molecular complexity index is 836. The molecule has 1 aliphatic rings. The summed E-state index contributed by atoms with van der Waals surface area (Å²) in [7, 11) is 0. The lowest BCUT2D eigenvalue weighted by molar-refractivity contribution is 0.605. The van der Waals surface area contributed by atoms with Crippen molar-refractivity contribution in [2.24, 2.45) is 4.99 Å². The molecule has 0 atom stereocenters. The summed E-state index contributed by atoms with van der Waals surface area (Å²) >= 11 is 0. The van der Waals surface area contributed by atoms with Crippen LogP contribution in [0.15, 0.2) is 46.7 Å². The van der Waals surface area contributed by atoms with E-state index in [4.69, 9.17) is 4.99 Å². The van der Waals surface area contributed by atoms with E-state index < -0.39 is 0 Å². The lowest BCUT2D eigenvalue weighted by Crippen LogP contribution is -2.01. The molecule has 4 heteroatoms. The molecule has 0 aromatic carbocycles. The first-order valence-electron chi connectivity index (χ1n) is 10.5. The summed E-state index contributed by atoms with van der Waals surface area (Å²) in [6, 6.07) is 6.56. The average molecular weight is 400 g/mol. The van der Waals surface area contributed by atoms with Crippen LogP contribution in [0, 0.1) is 6.92 Å². The number of unbranched alkanes of at least 4 members (excludes halogenated alkanes) is 5. The van der Waals surface area contributed by atoms with Gasteiger partial charge in [0.2, 0.25) is 0 Å². The number of halogens is 1. The van der Waals surface area contributed by atoms with Crippen molar-refractivity contribution in [2.75, 3.05) is 0 Å². The van der Waals surface area contributed by atoms with Gasteiger partial charge in [-0.15, -0.1) is 12.4 Å². The standard InChI is InChI=1S/C24H33N3.ClH/c1-4-6-7-8-9-10-11-20-12-13-21(26-20)16-22-15-19(5-2)24(27-22)23-14-18(3)17-25-23;/h12-17,25-26H,4-11H2,1-3H3;1H/b22-16+;. The van der Waals surface area contributed by atoms with E-state index in [9.17, 15) is 0 Å². The van der Waals surface area contributed by atoms with E-state index in [1.165, 1.54) is 55.4 Å². The van der Waals surface area contributed by atoms with E-state index in [0.717, 1.165) is 35.6 Å². The molecule has 0 radical (unpaired) electrons. The Morgan fingerprint density at radius 3 is 2.54 bits per heavy atom. The fraction of sp³-hybridized carbons (Fsp3) is 0.458. The highest BCUT2D eigenvalue weighted by Gasteiger charge is 2.16. The third-order valence-electron chi connectivity index (χ3n) is 5.20. The number of allylic oxidation sites excluding steroid dienone is 2. The van der Waals surface area contributed by atoms with Crippen LogP contribution in [0.5, 0.6) is 0 Å². The molecule has 28 heavy (non-hydrogen) atoms. The van der Waals surface area contributed by atoms with Gasteiger partial charge in [0.25, 0.3) is 0 Å². The monoisotopic (exact) mass is 399 g/mol. The maximum absolute atomic E-state index is 4.87. The second kappa shape index (κ2) is 11.1. The van der Waals surface area contributed by atoms with Gasteiger partial charge in [0, 0.05) is 17.6 Å². The van der Waals surface area contributed by atoms with Crippen LogP contribution >= 0.6 is 12.4 Å². The minimum absolute atomic E-state index is 0. The number of hydrogen-bond donors (Lipinski definition) is 2. The van der Waals surface area contributed by atoms with Crippen LogP contribution in [-0.2, 0) is 6.42 Å². The number of aryl methyl sites for hydroxylation is 2. The van der Waals surface area contributed by atoms with Crippen LogP contribution in [-0.4, -0.2) is 15.7 Å². The van der Waals surface area contributed by atoms with Gasteiger partial charge < -0.3 is 9.97 Å². The van der Waals surface area contributed by atoms with Crippen LogP contribution in [0.3, 0.4) is 0 Å². The molecular weight excluding hydrogens is 366 g/mol. The number of aromatic amines is 2. The van der Waals surface area contributed by atoms with Gasteiger partial charge in [0.05, 0.1) is 17.1 Å². The third kappa shape index (κ3) is 6.00. The molecule has 1 aliphatic heterocycles. The van der Waals surface area contributed by atoms with Crippen LogP contribution in [0.1, 0.15) is 81.4 Å². The van der Waals surface area contributed by atoms with Gasteiger partial charge >= 0.3 is 0 Å². The Morgan fingerprint density at radius 1 is 1.04 bits per heavy atom. The van der Waals surface area contributed by atoms with Gasteiger partial charge in [-0.25, -0.2) is 4.99 Å². The van der Waals surface area contributed by atoms with E-state index >= 15 is 0 Å². The largest absolute Gasteiger partial charge is 0.360 e. The Morgan fingerprint density at radius 2 is 1.82 bits per heavy atom. The first-order valence-corrected chi connectivity index (χ1v) is 10.5. The van der Waals surface area contributed by atoms with E-state index in [-0.39, 0.29) is 12.4 Å². The lowest BCUT2D eigenvalue weighted by atomic mass is 10.1. The van der Waals surface area contributed by atoms with Crippen molar-refractivity contribution in [3.05, 3.63) is 64.4 Å². The maximum Gasteiger partial charge on any atom is 0.0904 e. The molecule has 0 saturated heterocycles. The average Bonchev–Trinajstić information content (AvgIpc) is 3.38. The van der Waals surface area contributed by atoms with Crippen molar-refractivity contribution in [1.82, 2.24) is 9.97 Å². The van der Waals surface area contributed by atoms with Gasteiger partial charge in [-0.3, -0.25) is 0 Å². The molecule has 0 aliphatic carbocycles. The number of rotatable bonds is 10. The normalized spacial score (nSPS) is 14.9. The zero-order valence-corrected chi connectivity index (χ0v) is 18.3. The summed E-state index contributed by atoms with van der Waals surface area (Å²) in [4.78, 5) is 11.8. The van der Waals surface area contributed by atoms with E-state index in [0.29, 0.717) is 0 Å². The molecule has 3 rings (SSSR count). The highest BCUT2D eigenvalue weighted by molar-refractivity contribution is 6.14. The van der Waals surface area contributed by atoms with Crippen LogP contribution < -0.4 is 0 Å². The van der Waals surface area contributed by atoms with Crippen molar-refractivity contribution < 1.29 is 0 Å². The topological polar surface area (TPSA) is 43.9 Å². The molecule has 2 aromatic rings. The van der Waals surface area contributed by atoms with Crippen molar-refractivity contribution >= 4 is 24.2 Å². The number of H-pyrrole nitrogens is 2. The van der Waals surface area contributed by atoms with Crippen LogP contribution in [0.4, 0.5) is 0 Å². The summed E-state index contributed by atoms with van der Waals surface area (Å²) in [6.45, 7) is 6.56. The number of aliphatic imine (C=N–C) groups is 1. The molecule has 3 heterocycles. The number of aromatic nitrogens is 2. The summed E-state index contributed by atoms with van der Waals surface area (Å²) < 4.78 is 0. The fourth-order valence-corrected chi connectivity index (χ4v) is 3.64. The fourth-order valence-electron chi connectivity index (χ4n) is 3.64. The molecule has 3 nitrogen and oxygen atoms in total. The third-order valence-corrected chi connectivity index (χ3v) is 5.20. The summed E-state index contributed by atoms with van der Waals surface area (Å²) in [5.74, 6) is 0. The van der Waals surface area contributed by atoms with Crippen LogP contribution in [0.25, 0.3) is 6.08 Å². The van der Waals surface area contributed by atoms with E-state index in [1.54, 1.807) is 0 Å². The second-order valence-electron chi connectivity index (χ2n) is 7.60. The van der Waals surface area contributed by atoms with Crippen molar-refractivity contribution in [3.8, 4) is 0 Å². The Labute approximate surface area is 175 Å². The van der Waals surface area contributed by atoms with Gasteiger partial charge in [0.1, 0.15) is 0 Å². The number of hydrogen-bond acceptors (Lipinski definition) is 1. The molecule has 0 bridgehead atoms. The predicted molar refractivity (Wildman–Crippen MR) is 124 cm³/mol. The minimum Gasteiger partial charge on any atom is -0.360 e.